The second-order valence-electron chi connectivity index (χ2n) is 5.39. The van der Waals surface area contributed by atoms with Gasteiger partial charge in [0.15, 0.2) is 5.69 Å². The number of nitrogens with one attached hydrogen (secondary N) is 1. The van der Waals surface area contributed by atoms with Crippen molar-refractivity contribution < 1.29 is 18.3 Å². The fourth-order valence-corrected chi connectivity index (χ4v) is 1.47. The van der Waals surface area contributed by atoms with Crippen molar-refractivity contribution >= 4 is 0 Å². The van der Waals surface area contributed by atoms with Crippen LogP contribution in [0.3, 0.4) is 0 Å². The lowest BCUT2D eigenvalue weighted by atomic mass is 10.1. The Hall–Kier alpha value is -1.65. The molecule has 0 aliphatic rings. The molecule has 1 heterocycles. The molecule has 2 N–H and O–H groups in total. The van der Waals surface area contributed by atoms with Crippen LogP contribution in [0.5, 0.6) is 0 Å². The summed E-state index contributed by atoms with van der Waals surface area (Å²) in [5.74, 6) is 0. The summed E-state index contributed by atoms with van der Waals surface area (Å²) < 4.78 is 38.2. The Morgan fingerprint density at radius 2 is 1.95 bits per heavy atom. The van der Waals surface area contributed by atoms with E-state index in [0.29, 0.717) is 0 Å². The molecular formula is C13H16F3N3O. The number of β-amino-alcohol motifs (C(OH)–C–C–N with tert-alkyl or cyclic N) is 1. The number of alkyl halides is 3. The van der Waals surface area contributed by atoms with Gasteiger partial charge < -0.3 is 10.4 Å². The van der Waals surface area contributed by atoms with E-state index in [4.69, 9.17) is 5.26 Å². The van der Waals surface area contributed by atoms with Gasteiger partial charge in [-0.05, 0) is 32.9 Å². The number of pyridine rings is 1. The molecule has 0 saturated carbocycles. The summed E-state index contributed by atoms with van der Waals surface area (Å²) in [6.45, 7) is 5.67. The molecule has 110 valence electrons. The van der Waals surface area contributed by atoms with Gasteiger partial charge in [0.05, 0.1) is 11.3 Å². The third-order valence-corrected chi connectivity index (χ3v) is 2.47. The van der Waals surface area contributed by atoms with Crippen molar-refractivity contribution in [1.82, 2.24) is 10.3 Å². The van der Waals surface area contributed by atoms with Gasteiger partial charge in [0.2, 0.25) is 0 Å². The zero-order valence-corrected chi connectivity index (χ0v) is 11.4. The Morgan fingerprint density at radius 1 is 1.35 bits per heavy atom. The molecule has 0 aliphatic carbocycles. The first-order valence-electron chi connectivity index (χ1n) is 5.96. The number of rotatable bonds is 3. The molecule has 1 rings (SSSR count). The molecule has 0 aromatic carbocycles. The van der Waals surface area contributed by atoms with Crippen molar-refractivity contribution in [2.75, 3.05) is 6.54 Å². The molecule has 1 atom stereocenters. The number of aliphatic hydroxyl groups excluding tert-OH is 1. The second-order valence-corrected chi connectivity index (χ2v) is 5.39. The highest BCUT2D eigenvalue weighted by Gasteiger charge is 2.36. The zero-order valence-electron chi connectivity index (χ0n) is 11.4. The first-order chi connectivity index (χ1) is 9.04. The van der Waals surface area contributed by atoms with Gasteiger partial charge in [-0.15, -0.1) is 0 Å². The van der Waals surface area contributed by atoms with E-state index in [0.717, 1.165) is 6.07 Å². The largest absolute Gasteiger partial charge is 0.434 e. The molecule has 0 aliphatic heterocycles. The molecular weight excluding hydrogens is 271 g/mol. The van der Waals surface area contributed by atoms with Gasteiger partial charge in [-0.3, -0.25) is 0 Å². The molecule has 1 aromatic heterocycles. The minimum atomic E-state index is -4.72. The maximum Gasteiger partial charge on any atom is 0.434 e. The van der Waals surface area contributed by atoms with Crippen molar-refractivity contribution in [1.29, 1.82) is 5.26 Å². The van der Waals surface area contributed by atoms with E-state index in [2.05, 4.69) is 10.3 Å². The number of aliphatic hydroxyl groups is 1. The van der Waals surface area contributed by atoms with Gasteiger partial charge in [0.1, 0.15) is 12.2 Å². The monoisotopic (exact) mass is 287 g/mol. The number of hydrogen-bond acceptors (Lipinski definition) is 4. The maximum atomic E-state index is 12.7. The van der Waals surface area contributed by atoms with Crippen molar-refractivity contribution in [3.05, 3.63) is 29.1 Å². The van der Waals surface area contributed by atoms with Gasteiger partial charge >= 0.3 is 6.18 Å². The molecule has 0 bridgehead atoms. The van der Waals surface area contributed by atoms with Gasteiger partial charge in [-0.1, -0.05) is 0 Å². The molecule has 0 unspecified atom stereocenters. The SMILES string of the molecule is CC(C)(C)NC[C@H](O)c1ccc(C#N)c(C(F)(F)F)n1. The number of hydrogen-bond donors (Lipinski definition) is 2. The standard InChI is InChI=1S/C13H16F3N3O/c1-12(2,3)18-7-10(20)9-5-4-8(6-17)11(19-9)13(14,15)16/h4-5,10,18,20H,7H2,1-3H3/t10-/m0/s1. The average molecular weight is 287 g/mol. The Kier molecular flexibility index (Phi) is 4.73. The van der Waals surface area contributed by atoms with Crippen molar-refractivity contribution in [2.45, 2.75) is 38.6 Å². The molecule has 0 saturated heterocycles. The predicted molar refractivity (Wildman–Crippen MR) is 66.7 cm³/mol. The first kappa shape index (κ1) is 16.4. The van der Waals surface area contributed by atoms with Crippen LogP contribution in [0.25, 0.3) is 0 Å². The molecule has 7 heteroatoms. The summed E-state index contributed by atoms with van der Waals surface area (Å²) in [7, 11) is 0. The van der Waals surface area contributed by atoms with Crippen LogP contribution in [-0.2, 0) is 6.18 Å². The smallest absolute Gasteiger partial charge is 0.385 e. The maximum absolute atomic E-state index is 12.7. The summed E-state index contributed by atoms with van der Waals surface area (Å²) in [6.07, 6.45) is -5.90. The highest BCUT2D eigenvalue weighted by Crippen LogP contribution is 2.31. The lowest BCUT2D eigenvalue weighted by Crippen LogP contribution is -2.38. The number of nitrogens with zero attached hydrogens (tertiary/aromatic N) is 2. The Labute approximate surface area is 115 Å². The van der Waals surface area contributed by atoms with Gasteiger partial charge in [-0.25, -0.2) is 4.98 Å². The van der Waals surface area contributed by atoms with Crippen LogP contribution in [0.4, 0.5) is 13.2 Å². The highest BCUT2D eigenvalue weighted by molar-refractivity contribution is 5.36. The molecule has 0 radical (unpaired) electrons. The van der Waals surface area contributed by atoms with E-state index < -0.39 is 23.5 Å². The van der Waals surface area contributed by atoms with E-state index >= 15 is 0 Å². The fraction of sp³-hybridized carbons (Fsp3) is 0.538. The van der Waals surface area contributed by atoms with Crippen LogP contribution < -0.4 is 5.32 Å². The van der Waals surface area contributed by atoms with Crippen molar-refractivity contribution in [2.24, 2.45) is 0 Å². The van der Waals surface area contributed by atoms with Crippen LogP contribution >= 0.6 is 0 Å². The minimum absolute atomic E-state index is 0.0691. The Bertz CT molecular complexity index is 515. The summed E-state index contributed by atoms with van der Waals surface area (Å²) in [4.78, 5) is 3.38. The molecule has 4 nitrogen and oxygen atoms in total. The summed E-state index contributed by atoms with van der Waals surface area (Å²) in [5.41, 5.74) is -2.22. The van der Waals surface area contributed by atoms with Crippen LogP contribution in [0.1, 0.15) is 43.8 Å². The van der Waals surface area contributed by atoms with Gasteiger partial charge in [-0.2, -0.15) is 18.4 Å². The van der Waals surface area contributed by atoms with E-state index in [-0.39, 0.29) is 17.8 Å². The minimum Gasteiger partial charge on any atom is -0.385 e. The first-order valence-corrected chi connectivity index (χ1v) is 5.96. The number of nitriles is 1. The van der Waals surface area contributed by atoms with E-state index in [1.54, 1.807) is 0 Å². The third-order valence-electron chi connectivity index (χ3n) is 2.47. The summed E-state index contributed by atoms with van der Waals surface area (Å²) >= 11 is 0. The summed E-state index contributed by atoms with van der Waals surface area (Å²) in [5, 5.41) is 21.5. The number of halogens is 3. The van der Waals surface area contributed by atoms with Crippen LogP contribution in [-0.4, -0.2) is 22.2 Å². The summed E-state index contributed by atoms with van der Waals surface area (Å²) in [6, 6.07) is 3.69. The normalized spacial score (nSPS) is 13.9. The zero-order chi connectivity index (χ0) is 15.6. The molecule has 0 spiro atoms. The van der Waals surface area contributed by atoms with Crippen LogP contribution in [0.15, 0.2) is 12.1 Å². The van der Waals surface area contributed by atoms with E-state index in [9.17, 15) is 18.3 Å². The van der Waals surface area contributed by atoms with Crippen LogP contribution in [0, 0.1) is 11.3 Å². The average Bonchev–Trinajstić information content (AvgIpc) is 2.33. The molecule has 0 fully saturated rings. The van der Waals surface area contributed by atoms with E-state index in [1.807, 2.05) is 20.8 Å². The fourth-order valence-electron chi connectivity index (χ4n) is 1.47. The lowest BCUT2D eigenvalue weighted by molar-refractivity contribution is -0.141. The molecule has 20 heavy (non-hydrogen) atoms. The molecule has 1 aromatic rings. The third kappa shape index (κ3) is 4.47. The Balaban J connectivity index is 3.01. The van der Waals surface area contributed by atoms with Crippen molar-refractivity contribution in [3.63, 3.8) is 0 Å². The number of aromatic nitrogens is 1. The lowest BCUT2D eigenvalue weighted by Gasteiger charge is -2.23. The van der Waals surface area contributed by atoms with Gasteiger partial charge in [0, 0.05) is 12.1 Å². The van der Waals surface area contributed by atoms with Crippen molar-refractivity contribution in [3.8, 4) is 6.07 Å². The quantitative estimate of drug-likeness (QED) is 0.895. The molecule has 0 amide bonds. The topological polar surface area (TPSA) is 68.9 Å². The van der Waals surface area contributed by atoms with Gasteiger partial charge in [0.25, 0.3) is 0 Å². The second kappa shape index (κ2) is 5.77. The Morgan fingerprint density at radius 3 is 2.40 bits per heavy atom. The highest BCUT2D eigenvalue weighted by atomic mass is 19.4. The van der Waals surface area contributed by atoms with Crippen LogP contribution in [0.2, 0.25) is 0 Å². The van der Waals surface area contributed by atoms with E-state index in [1.165, 1.54) is 12.1 Å². The predicted octanol–water partition coefficient (Wildman–Crippen LogP) is 2.39.